The van der Waals surface area contributed by atoms with Crippen molar-refractivity contribution in [2.45, 2.75) is 13.0 Å². The summed E-state index contributed by atoms with van der Waals surface area (Å²) in [6.07, 6.45) is 1.61. The topological polar surface area (TPSA) is 87.9 Å². The highest BCUT2D eigenvalue weighted by molar-refractivity contribution is 6.02. The van der Waals surface area contributed by atoms with Crippen molar-refractivity contribution < 1.29 is 9.32 Å². The first-order valence-corrected chi connectivity index (χ1v) is 8.23. The standard InChI is InChI=1S/C19H17N5O2/c1-12(15-11-16(22-21-15)13-7-4-3-5-8-13)24(2)19(25)17-14-9-6-10-20-18(14)23-26-17/h3-12H,1-2H3,(H,21,22). The predicted molar refractivity (Wildman–Crippen MR) is 96.3 cm³/mol. The van der Waals surface area contributed by atoms with E-state index in [9.17, 15) is 4.79 Å². The van der Waals surface area contributed by atoms with E-state index in [0.717, 1.165) is 17.0 Å². The van der Waals surface area contributed by atoms with Crippen molar-refractivity contribution in [3.05, 3.63) is 66.2 Å². The van der Waals surface area contributed by atoms with E-state index in [0.29, 0.717) is 11.0 Å². The molecule has 1 amide bonds. The number of nitrogens with zero attached hydrogens (tertiary/aromatic N) is 4. The molecule has 0 radical (unpaired) electrons. The van der Waals surface area contributed by atoms with Gasteiger partial charge in [-0.1, -0.05) is 35.5 Å². The lowest BCUT2D eigenvalue weighted by Crippen LogP contribution is -2.29. The Labute approximate surface area is 149 Å². The smallest absolute Gasteiger partial charge is 0.293 e. The Morgan fingerprint density at radius 3 is 2.81 bits per heavy atom. The molecule has 7 nitrogen and oxygen atoms in total. The third-order valence-electron chi connectivity index (χ3n) is 4.47. The number of benzene rings is 1. The third-order valence-corrected chi connectivity index (χ3v) is 4.47. The quantitative estimate of drug-likeness (QED) is 0.611. The lowest BCUT2D eigenvalue weighted by molar-refractivity contribution is 0.0700. The maximum absolute atomic E-state index is 12.8. The molecule has 4 aromatic rings. The second kappa shape index (κ2) is 6.44. The molecule has 0 aliphatic carbocycles. The minimum atomic E-state index is -0.260. The molecular formula is C19H17N5O2. The summed E-state index contributed by atoms with van der Waals surface area (Å²) in [5.74, 6) is -0.0749. The third kappa shape index (κ3) is 2.73. The fraction of sp³-hybridized carbons (Fsp3) is 0.158. The van der Waals surface area contributed by atoms with Crippen molar-refractivity contribution >= 4 is 16.9 Å². The summed E-state index contributed by atoms with van der Waals surface area (Å²) < 4.78 is 5.23. The molecule has 0 fully saturated rings. The highest BCUT2D eigenvalue weighted by atomic mass is 16.5. The van der Waals surface area contributed by atoms with Gasteiger partial charge in [0.1, 0.15) is 0 Å². The maximum atomic E-state index is 12.8. The summed E-state index contributed by atoms with van der Waals surface area (Å²) in [5, 5.41) is 11.8. The second-order valence-electron chi connectivity index (χ2n) is 6.05. The van der Waals surface area contributed by atoms with Crippen LogP contribution in [0.5, 0.6) is 0 Å². The molecule has 1 unspecified atom stereocenters. The van der Waals surface area contributed by atoms with Crippen LogP contribution in [0.1, 0.15) is 29.2 Å². The molecule has 0 aliphatic rings. The van der Waals surface area contributed by atoms with Crippen molar-refractivity contribution in [3.63, 3.8) is 0 Å². The van der Waals surface area contributed by atoms with Gasteiger partial charge in [-0.2, -0.15) is 5.10 Å². The van der Waals surface area contributed by atoms with Crippen LogP contribution in [-0.2, 0) is 0 Å². The van der Waals surface area contributed by atoms with Crippen LogP contribution in [0.3, 0.4) is 0 Å². The van der Waals surface area contributed by atoms with E-state index >= 15 is 0 Å². The first-order valence-electron chi connectivity index (χ1n) is 8.23. The average molecular weight is 347 g/mol. The highest BCUT2D eigenvalue weighted by Gasteiger charge is 2.26. The van der Waals surface area contributed by atoms with Crippen molar-refractivity contribution in [3.8, 4) is 11.3 Å². The Bertz CT molecular complexity index is 1050. The summed E-state index contributed by atoms with van der Waals surface area (Å²) in [6.45, 7) is 1.93. The SMILES string of the molecule is CC(c1cc(-c2ccccc2)n[nH]1)N(C)C(=O)c1onc2ncccc12. The Hall–Kier alpha value is -3.48. The van der Waals surface area contributed by atoms with Gasteiger partial charge < -0.3 is 9.42 Å². The molecule has 1 aromatic carbocycles. The molecule has 0 saturated carbocycles. The van der Waals surface area contributed by atoms with Gasteiger partial charge in [-0.15, -0.1) is 0 Å². The van der Waals surface area contributed by atoms with Crippen LogP contribution < -0.4 is 0 Å². The number of pyridine rings is 1. The summed E-state index contributed by atoms with van der Waals surface area (Å²) in [6, 6.07) is 15.1. The second-order valence-corrected chi connectivity index (χ2v) is 6.05. The van der Waals surface area contributed by atoms with Crippen LogP contribution in [0.4, 0.5) is 0 Å². The summed E-state index contributed by atoms with van der Waals surface area (Å²) in [7, 11) is 1.72. The van der Waals surface area contributed by atoms with Gasteiger partial charge in [0.2, 0.25) is 11.4 Å². The van der Waals surface area contributed by atoms with Gasteiger partial charge >= 0.3 is 0 Å². The van der Waals surface area contributed by atoms with Crippen molar-refractivity contribution in [1.82, 2.24) is 25.2 Å². The monoisotopic (exact) mass is 347 g/mol. The van der Waals surface area contributed by atoms with Crippen molar-refractivity contribution in [2.24, 2.45) is 0 Å². The number of carbonyl (C=O) groups is 1. The van der Waals surface area contributed by atoms with Crippen molar-refractivity contribution in [1.29, 1.82) is 0 Å². The molecule has 7 heteroatoms. The van der Waals surface area contributed by atoms with Crippen LogP contribution >= 0.6 is 0 Å². The predicted octanol–water partition coefficient (Wildman–Crippen LogP) is 3.45. The zero-order valence-corrected chi connectivity index (χ0v) is 14.4. The van der Waals surface area contributed by atoms with Crippen LogP contribution in [-0.4, -0.2) is 38.2 Å². The summed E-state index contributed by atoms with van der Waals surface area (Å²) >= 11 is 0. The fourth-order valence-corrected chi connectivity index (χ4v) is 2.79. The van der Waals surface area contributed by atoms with Gasteiger partial charge in [0, 0.05) is 18.8 Å². The number of carbonyl (C=O) groups excluding carboxylic acids is 1. The average Bonchev–Trinajstić information content (AvgIpc) is 3.34. The van der Waals surface area contributed by atoms with Gasteiger partial charge in [0.25, 0.3) is 5.91 Å². The number of aromatic nitrogens is 4. The normalized spacial score (nSPS) is 12.2. The van der Waals surface area contributed by atoms with E-state index in [1.165, 1.54) is 0 Å². The molecule has 4 rings (SSSR count). The Balaban J connectivity index is 1.59. The minimum absolute atomic E-state index is 0.185. The number of aromatic amines is 1. The van der Waals surface area contributed by atoms with Crippen LogP contribution in [0.15, 0.2) is 59.3 Å². The van der Waals surface area contributed by atoms with E-state index in [-0.39, 0.29) is 17.7 Å². The largest absolute Gasteiger partial charge is 0.348 e. The van der Waals surface area contributed by atoms with E-state index in [4.69, 9.17) is 4.52 Å². The first-order chi connectivity index (χ1) is 12.6. The number of fused-ring (bicyclic) bond motifs is 1. The maximum Gasteiger partial charge on any atom is 0.293 e. The van der Waals surface area contributed by atoms with E-state index < -0.39 is 0 Å². The number of hydrogen-bond acceptors (Lipinski definition) is 5. The lowest BCUT2D eigenvalue weighted by Gasteiger charge is -2.22. The minimum Gasteiger partial charge on any atom is -0.348 e. The Morgan fingerprint density at radius 1 is 1.19 bits per heavy atom. The number of H-pyrrole nitrogens is 1. The summed E-state index contributed by atoms with van der Waals surface area (Å²) in [4.78, 5) is 18.5. The van der Waals surface area contributed by atoms with Crippen LogP contribution in [0.2, 0.25) is 0 Å². The molecule has 1 atom stereocenters. The van der Waals surface area contributed by atoms with Crippen molar-refractivity contribution in [2.75, 3.05) is 7.05 Å². The Kier molecular flexibility index (Phi) is 3.96. The molecular weight excluding hydrogens is 330 g/mol. The highest BCUT2D eigenvalue weighted by Crippen LogP contribution is 2.25. The Morgan fingerprint density at radius 2 is 2.00 bits per heavy atom. The molecule has 0 aliphatic heterocycles. The van der Waals surface area contributed by atoms with Gasteiger partial charge in [0.05, 0.1) is 22.8 Å². The van der Waals surface area contributed by atoms with E-state index in [1.807, 2.05) is 43.3 Å². The van der Waals surface area contributed by atoms with Gasteiger partial charge in [-0.25, -0.2) is 4.98 Å². The lowest BCUT2D eigenvalue weighted by atomic mass is 10.1. The number of amides is 1. The molecule has 1 N–H and O–H groups in total. The van der Waals surface area contributed by atoms with Gasteiger partial charge in [-0.3, -0.25) is 9.89 Å². The van der Waals surface area contributed by atoms with E-state index in [1.54, 1.807) is 30.3 Å². The van der Waals surface area contributed by atoms with Gasteiger partial charge in [-0.05, 0) is 25.1 Å². The first kappa shape index (κ1) is 16.0. The molecule has 0 spiro atoms. The molecule has 3 heterocycles. The fourth-order valence-electron chi connectivity index (χ4n) is 2.79. The van der Waals surface area contributed by atoms with Crippen LogP contribution in [0.25, 0.3) is 22.3 Å². The zero-order chi connectivity index (χ0) is 18.1. The molecule has 3 aromatic heterocycles. The summed E-state index contributed by atoms with van der Waals surface area (Å²) in [5.41, 5.74) is 3.11. The van der Waals surface area contributed by atoms with Gasteiger partial charge in [0.15, 0.2) is 0 Å². The molecule has 0 bridgehead atoms. The number of rotatable bonds is 4. The molecule has 0 saturated heterocycles. The van der Waals surface area contributed by atoms with Crippen LogP contribution in [0, 0.1) is 0 Å². The zero-order valence-electron chi connectivity index (χ0n) is 14.4. The molecule has 130 valence electrons. The van der Waals surface area contributed by atoms with E-state index in [2.05, 4.69) is 20.3 Å². The number of nitrogens with one attached hydrogen (secondary N) is 1. The molecule has 26 heavy (non-hydrogen) atoms. The number of hydrogen-bond donors (Lipinski definition) is 1.